The van der Waals surface area contributed by atoms with E-state index in [4.69, 9.17) is 9.97 Å². The number of amidine groups is 1. The molecule has 3 heterocycles. The first-order valence-corrected chi connectivity index (χ1v) is 11.7. The van der Waals surface area contributed by atoms with Gasteiger partial charge in [-0.1, -0.05) is 43.7 Å². The highest BCUT2D eigenvalue weighted by Crippen LogP contribution is 2.32. The summed E-state index contributed by atoms with van der Waals surface area (Å²) in [7, 11) is 0. The highest BCUT2D eigenvalue weighted by Gasteiger charge is 2.43. The van der Waals surface area contributed by atoms with Gasteiger partial charge in [-0.3, -0.25) is 0 Å². The lowest BCUT2D eigenvalue weighted by Crippen LogP contribution is -2.43. The number of hydrogen-bond acceptors (Lipinski definition) is 5. The van der Waals surface area contributed by atoms with Crippen LogP contribution >= 0.6 is 0 Å². The molecule has 5 nitrogen and oxygen atoms in total. The molecule has 1 atom stereocenters. The number of rotatable bonds is 3. The van der Waals surface area contributed by atoms with E-state index in [9.17, 15) is 13.2 Å². The molecule has 1 aromatic heterocycles. The Morgan fingerprint density at radius 3 is 2.50 bits per heavy atom. The summed E-state index contributed by atoms with van der Waals surface area (Å²) < 4.78 is 41.3. The first-order chi connectivity index (χ1) is 16.2. The molecule has 0 fully saturated rings. The van der Waals surface area contributed by atoms with Gasteiger partial charge in [-0.2, -0.15) is 13.2 Å². The third-order valence-corrected chi connectivity index (χ3v) is 6.08. The zero-order valence-corrected chi connectivity index (χ0v) is 19.7. The van der Waals surface area contributed by atoms with Crippen LogP contribution in [0.1, 0.15) is 48.8 Å². The minimum Gasteiger partial charge on any atom is -0.359 e. The van der Waals surface area contributed by atoms with Crippen LogP contribution in [0.5, 0.6) is 0 Å². The van der Waals surface area contributed by atoms with E-state index in [0.717, 1.165) is 28.6 Å². The van der Waals surface area contributed by atoms with Crippen molar-refractivity contribution < 1.29 is 13.2 Å². The molecular formula is C26H30F3N5. The number of alkyl halides is 3. The molecule has 2 aliphatic rings. The van der Waals surface area contributed by atoms with Gasteiger partial charge in [0.15, 0.2) is 0 Å². The molecule has 2 aliphatic heterocycles. The third-order valence-electron chi connectivity index (χ3n) is 6.08. The molecule has 4 rings (SSSR count). The van der Waals surface area contributed by atoms with E-state index in [2.05, 4.69) is 10.3 Å². The lowest BCUT2D eigenvalue weighted by molar-refractivity contribution is -0.145. The molecule has 0 bridgehead atoms. The summed E-state index contributed by atoms with van der Waals surface area (Å²) in [6.07, 6.45) is 3.06. The summed E-state index contributed by atoms with van der Waals surface area (Å²) in [6, 6.07) is 8.13. The number of hydrogen-bond donors (Lipinski definition) is 1. The Labute approximate surface area is 198 Å². The van der Waals surface area contributed by atoms with Crippen LogP contribution in [0.3, 0.4) is 0 Å². The number of benzene rings is 1. The van der Waals surface area contributed by atoms with Crippen LogP contribution in [0.2, 0.25) is 0 Å². The molecule has 1 unspecified atom stereocenters. The minimum absolute atomic E-state index is 0.0529. The Balaban J connectivity index is 1.64. The van der Waals surface area contributed by atoms with Crippen molar-refractivity contribution in [1.29, 1.82) is 0 Å². The molecule has 1 aromatic carbocycles. The number of fused-ring (bicyclic) bond motifs is 1. The molecule has 0 saturated heterocycles. The van der Waals surface area contributed by atoms with Crippen LogP contribution in [-0.2, 0) is 12.8 Å². The average Bonchev–Trinajstić information content (AvgIpc) is 3.02. The van der Waals surface area contributed by atoms with Crippen LogP contribution in [0, 0.1) is 12.8 Å². The van der Waals surface area contributed by atoms with Gasteiger partial charge in [0.05, 0.1) is 5.69 Å². The van der Waals surface area contributed by atoms with Crippen LogP contribution in [0.15, 0.2) is 53.7 Å². The third kappa shape index (κ3) is 5.48. The number of halogens is 3. The average molecular weight is 470 g/mol. The zero-order chi connectivity index (χ0) is 24.3. The Kier molecular flexibility index (Phi) is 7.05. The molecule has 8 heteroatoms. The van der Waals surface area contributed by atoms with Gasteiger partial charge in [-0.25, -0.2) is 15.0 Å². The standard InChI is InChI=1S/C26H30F3N5/c1-17(2)23-32-22-13-16-34(25-21(26(27,28)29)8-4-5-14-30-25)15-6-7-20(22)24(33-23)31-19-11-9-18(3)10-12-19/h4-5,8-12,14,17,21H,6-7,13,15-16H2,1-3H3,(H,31,32,33). The molecular weight excluding hydrogens is 439 g/mol. The Hall–Kier alpha value is -3.16. The predicted octanol–water partition coefficient (Wildman–Crippen LogP) is 6.10. The second-order valence-corrected chi connectivity index (χ2v) is 9.07. The summed E-state index contributed by atoms with van der Waals surface area (Å²) in [5, 5.41) is 3.46. The second kappa shape index (κ2) is 9.99. The van der Waals surface area contributed by atoms with Crippen molar-refractivity contribution >= 4 is 17.3 Å². The zero-order valence-electron chi connectivity index (χ0n) is 19.7. The number of nitrogens with one attached hydrogen (secondary N) is 1. The molecule has 0 aliphatic carbocycles. The van der Waals surface area contributed by atoms with Crippen LogP contribution in [0.25, 0.3) is 0 Å². The monoisotopic (exact) mass is 469 g/mol. The Bertz CT molecular complexity index is 1100. The van der Waals surface area contributed by atoms with Gasteiger partial charge < -0.3 is 10.2 Å². The number of aryl methyl sites for hydroxylation is 1. The maximum atomic E-state index is 13.8. The fraction of sp³-hybridized carbons (Fsp3) is 0.423. The molecule has 2 aromatic rings. The first kappa shape index (κ1) is 24.0. The van der Waals surface area contributed by atoms with E-state index in [-0.39, 0.29) is 11.8 Å². The van der Waals surface area contributed by atoms with E-state index in [1.165, 1.54) is 30.0 Å². The quantitative estimate of drug-likeness (QED) is 0.590. The number of anilines is 2. The number of aliphatic imine (C=N–C) groups is 1. The van der Waals surface area contributed by atoms with Crippen molar-refractivity contribution in [3.63, 3.8) is 0 Å². The topological polar surface area (TPSA) is 53.4 Å². The number of nitrogens with zero attached hydrogens (tertiary/aromatic N) is 4. The van der Waals surface area contributed by atoms with Gasteiger partial charge in [0, 0.05) is 42.9 Å². The van der Waals surface area contributed by atoms with E-state index >= 15 is 0 Å². The first-order valence-electron chi connectivity index (χ1n) is 11.7. The molecule has 0 spiro atoms. The lowest BCUT2D eigenvalue weighted by Gasteiger charge is -2.32. The maximum Gasteiger partial charge on any atom is 0.402 e. The van der Waals surface area contributed by atoms with Crippen molar-refractivity contribution in [2.24, 2.45) is 10.9 Å². The summed E-state index contributed by atoms with van der Waals surface area (Å²) in [6.45, 7) is 7.03. The lowest BCUT2D eigenvalue weighted by atomic mass is 10.00. The van der Waals surface area contributed by atoms with Crippen LogP contribution in [-0.4, -0.2) is 40.0 Å². The molecule has 0 saturated carbocycles. The minimum atomic E-state index is -4.39. The van der Waals surface area contributed by atoms with Crippen LogP contribution < -0.4 is 5.32 Å². The number of allylic oxidation sites excluding steroid dienone is 2. The maximum absolute atomic E-state index is 13.8. The van der Waals surface area contributed by atoms with Gasteiger partial charge in [0.25, 0.3) is 0 Å². The van der Waals surface area contributed by atoms with Gasteiger partial charge in [0.2, 0.25) is 0 Å². The largest absolute Gasteiger partial charge is 0.402 e. The second-order valence-electron chi connectivity index (χ2n) is 9.07. The number of aromatic nitrogens is 2. The molecule has 34 heavy (non-hydrogen) atoms. The van der Waals surface area contributed by atoms with Gasteiger partial charge in [-0.05, 0) is 38.0 Å². The summed E-state index contributed by atoms with van der Waals surface area (Å²) in [4.78, 5) is 15.6. The van der Waals surface area contributed by atoms with Crippen molar-refractivity contribution in [1.82, 2.24) is 14.9 Å². The van der Waals surface area contributed by atoms with Gasteiger partial charge in [-0.15, -0.1) is 0 Å². The smallest absolute Gasteiger partial charge is 0.359 e. The van der Waals surface area contributed by atoms with Crippen molar-refractivity contribution in [2.45, 2.75) is 52.1 Å². The Morgan fingerprint density at radius 1 is 1.03 bits per heavy atom. The summed E-state index contributed by atoms with van der Waals surface area (Å²) in [5.74, 6) is -0.0152. The van der Waals surface area contributed by atoms with Crippen LogP contribution in [0.4, 0.5) is 24.7 Å². The van der Waals surface area contributed by atoms with Crippen molar-refractivity contribution in [3.05, 3.63) is 71.3 Å². The van der Waals surface area contributed by atoms with Crippen molar-refractivity contribution in [2.75, 3.05) is 18.4 Å². The normalized spacial score (nSPS) is 18.7. The fourth-order valence-corrected chi connectivity index (χ4v) is 4.23. The van der Waals surface area contributed by atoms with Gasteiger partial charge >= 0.3 is 6.18 Å². The molecule has 0 radical (unpaired) electrons. The van der Waals surface area contributed by atoms with E-state index in [1.54, 1.807) is 4.90 Å². The summed E-state index contributed by atoms with van der Waals surface area (Å²) in [5.41, 5.74) is 4.06. The fourth-order valence-electron chi connectivity index (χ4n) is 4.23. The van der Waals surface area contributed by atoms with Crippen molar-refractivity contribution in [3.8, 4) is 0 Å². The van der Waals surface area contributed by atoms with E-state index in [0.29, 0.717) is 32.4 Å². The van der Waals surface area contributed by atoms with Gasteiger partial charge in [0.1, 0.15) is 23.4 Å². The summed E-state index contributed by atoms with van der Waals surface area (Å²) >= 11 is 0. The predicted molar refractivity (Wildman–Crippen MR) is 129 cm³/mol. The molecule has 1 N–H and O–H groups in total. The van der Waals surface area contributed by atoms with E-state index in [1.807, 2.05) is 45.0 Å². The highest BCUT2D eigenvalue weighted by molar-refractivity contribution is 5.88. The highest BCUT2D eigenvalue weighted by atomic mass is 19.4. The molecule has 180 valence electrons. The Morgan fingerprint density at radius 2 is 1.79 bits per heavy atom. The SMILES string of the molecule is Cc1ccc(Nc2nc(C(C)C)nc3c2CCCN(C2=NC=CC=CC2C(F)(F)F)CC3)cc1. The molecule has 0 amide bonds. The van der Waals surface area contributed by atoms with E-state index < -0.39 is 12.1 Å².